The van der Waals surface area contributed by atoms with Gasteiger partial charge in [0, 0.05) is 24.6 Å². The number of nitrogens with one attached hydrogen (secondary N) is 1. The summed E-state index contributed by atoms with van der Waals surface area (Å²) in [5, 5.41) is 15.1. The predicted octanol–water partition coefficient (Wildman–Crippen LogP) is 3.53. The second-order valence-electron chi connectivity index (χ2n) is 7.57. The minimum Gasteiger partial charge on any atom is -0.383 e. The largest absolute Gasteiger partial charge is 0.383 e. The van der Waals surface area contributed by atoms with E-state index in [1.165, 1.54) is 5.56 Å². The minimum atomic E-state index is -0.163. The van der Waals surface area contributed by atoms with Gasteiger partial charge in [-0.3, -0.25) is 4.79 Å². The standard InChI is InChI=1S/C22H27N5O2/c1-14(2)21-24-25-26-27(21)20-11-18(17-8-6-15(3)7-9-17)10-19(12-20)22(28)23-16(4)13-29-5/h6-12,14,16H,13H2,1-5H3,(H,23,28). The molecule has 0 saturated carbocycles. The molecule has 152 valence electrons. The molecule has 0 spiro atoms. The van der Waals surface area contributed by atoms with Crippen LogP contribution in [0.4, 0.5) is 0 Å². The van der Waals surface area contributed by atoms with E-state index in [0.717, 1.165) is 22.6 Å². The average molecular weight is 393 g/mol. The molecule has 0 fully saturated rings. The summed E-state index contributed by atoms with van der Waals surface area (Å²) in [7, 11) is 1.62. The Morgan fingerprint density at radius 2 is 1.83 bits per heavy atom. The fourth-order valence-electron chi connectivity index (χ4n) is 3.11. The zero-order chi connectivity index (χ0) is 21.0. The second kappa shape index (κ2) is 8.96. The molecule has 1 atom stereocenters. The van der Waals surface area contributed by atoms with Crippen LogP contribution in [0.15, 0.2) is 42.5 Å². The van der Waals surface area contributed by atoms with Crippen LogP contribution in [0.1, 0.15) is 48.4 Å². The maximum Gasteiger partial charge on any atom is 0.251 e. The summed E-state index contributed by atoms with van der Waals surface area (Å²) in [6, 6.07) is 13.8. The van der Waals surface area contributed by atoms with Crippen molar-refractivity contribution >= 4 is 5.91 Å². The van der Waals surface area contributed by atoms with Crippen LogP contribution in [0, 0.1) is 6.92 Å². The fourth-order valence-corrected chi connectivity index (χ4v) is 3.11. The number of carbonyl (C=O) groups excluding carboxylic acids is 1. The first kappa shape index (κ1) is 20.7. The van der Waals surface area contributed by atoms with E-state index in [9.17, 15) is 4.79 Å². The van der Waals surface area contributed by atoms with E-state index in [-0.39, 0.29) is 17.9 Å². The lowest BCUT2D eigenvalue weighted by atomic mass is 10.0. The van der Waals surface area contributed by atoms with Crippen molar-refractivity contribution in [1.29, 1.82) is 0 Å². The molecule has 7 nitrogen and oxygen atoms in total. The van der Waals surface area contributed by atoms with Crippen LogP contribution in [0.25, 0.3) is 16.8 Å². The number of methoxy groups -OCH3 is 1. The van der Waals surface area contributed by atoms with Gasteiger partial charge in [0.15, 0.2) is 5.82 Å². The van der Waals surface area contributed by atoms with Crippen molar-refractivity contribution < 1.29 is 9.53 Å². The van der Waals surface area contributed by atoms with E-state index in [2.05, 4.69) is 33.0 Å². The van der Waals surface area contributed by atoms with Gasteiger partial charge in [-0.15, -0.1) is 5.10 Å². The molecular formula is C22H27N5O2. The minimum absolute atomic E-state index is 0.0988. The van der Waals surface area contributed by atoms with Crippen molar-refractivity contribution in [3.8, 4) is 16.8 Å². The number of hydrogen-bond acceptors (Lipinski definition) is 5. The molecule has 3 aromatic rings. The number of rotatable bonds is 7. The van der Waals surface area contributed by atoms with E-state index in [1.54, 1.807) is 11.8 Å². The highest BCUT2D eigenvalue weighted by Crippen LogP contribution is 2.26. The Hall–Kier alpha value is -3.06. The van der Waals surface area contributed by atoms with E-state index in [0.29, 0.717) is 12.2 Å². The highest BCUT2D eigenvalue weighted by atomic mass is 16.5. The number of nitrogens with zero attached hydrogens (tertiary/aromatic N) is 4. The predicted molar refractivity (Wildman–Crippen MR) is 112 cm³/mol. The number of benzene rings is 2. The van der Waals surface area contributed by atoms with Crippen LogP contribution in [0.2, 0.25) is 0 Å². The van der Waals surface area contributed by atoms with E-state index < -0.39 is 0 Å². The van der Waals surface area contributed by atoms with Crippen LogP contribution in [0.5, 0.6) is 0 Å². The van der Waals surface area contributed by atoms with Crippen LogP contribution in [-0.4, -0.2) is 45.9 Å². The van der Waals surface area contributed by atoms with Crippen molar-refractivity contribution in [1.82, 2.24) is 25.5 Å². The van der Waals surface area contributed by atoms with E-state index in [4.69, 9.17) is 4.74 Å². The molecule has 0 aliphatic heterocycles. The molecule has 29 heavy (non-hydrogen) atoms. The lowest BCUT2D eigenvalue weighted by molar-refractivity contribution is 0.0905. The normalized spacial score (nSPS) is 12.2. The van der Waals surface area contributed by atoms with E-state index >= 15 is 0 Å². The van der Waals surface area contributed by atoms with Gasteiger partial charge >= 0.3 is 0 Å². The third-order valence-electron chi connectivity index (χ3n) is 4.61. The number of carbonyl (C=O) groups is 1. The van der Waals surface area contributed by atoms with Crippen molar-refractivity contribution in [2.75, 3.05) is 13.7 Å². The smallest absolute Gasteiger partial charge is 0.251 e. The first-order valence-electron chi connectivity index (χ1n) is 9.69. The summed E-state index contributed by atoms with van der Waals surface area (Å²) in [6.45, 7) is 8.47. The Morgan fingerprint density at radius 3 is 2.48 bits per heavy atom. The van der Waals surface area contributed by atoms with Gasteiger partial charge in [-0.25, -0.2) is 0 Å². The van der Waals surface area contributed by atoms with Crippen molar-refractivity contribution in [2.24, 2.45) is 0 Å². The zero-order valence-corrected chi connectivity index (χ0v) is 17.5. The molecule has 1 amide bonds. The van der Waals surface area contributed by atoms with Gasteiger partial charge in [-0.2, -0.15) is 4.68 Å². The molecule has 1 aromatic heterocycles. The molecular weight excluding hydrogens is 366 g/mol. The summed E-state index contributed by atoms with van der Waals surface area (Å²) in [5.41, 5.74) is 4.43. The topological polar surface area (TPSA) is 81.9 Å². The Morgan fingerprint density at radius 1 is 1.10 bits per heavy atom. The molecule has 0 bridgehead atoms. The van der Waals surface area contributed by atoms with Gasteiger partial charge in [-0.1, -0.05) is 43.7 Å². The highest BCUT2D eigenvalue weighted by Gasteiger charge is 2.17. The number of aromatic nitrogens is 4. The molecule has 3 rings (SSSR count). The summed E-state index contributed by atoms with van der Waals surface area (Å²) in [6.07, 6.45) is 0. The molecule has 2 aromatic carbocycles. The zero-order valence-electron chi connectivity index (χ0n) is 17.5. The number of ether oxygens (including phenoxy) is 1. The first-order valence-corrected chi connectivity index (χ1v) is 9.69. The summed E-state index contributed by atoms with van der Waals surface area (Å²) in [4.78, 5) is 12.9. The number of tetrazole rings is 1. The molecule has 0 radical (unpaired) electrons. The number of hydrogen-bond donors (Lipinski definition) is 1. The highest BCUT2D eigenvalue weighted by molar-refractivity contribution is 5.96. The van der Waals surface area contributed by atoms with Crippen molar-refractivity contribution in [3.63, 3.8) is 0 Å². The summed E-state index contributed by atoms with van der Waals surface area (Å²) in [5.74, 6) is 0.723. The van der Waals surface area contributed by atoms with Gasteiger partial charge in [0.05, 0.1) is 12.3 Å². The molecule has 1 heterocycles. The van der Waals surface area contributed by atoms with Crippen molar-refractivity contribution in [3.05, 3.63) is 59.4 Å². The molecule has 1 unspecified atom stereocenters. The summed E-state index contributed by atoms with van der Waals surface area (Å²) < 4.78 is 6.82. The van der Waals surface area contributed by atoms with Gasteiger partial charge in [-0.05, 0) is 53.6 Å². The quantitative estimate of drug-likeness (QED) is 0.664. The first-order chi connectivity index (χ1) is 13.9. The van der Waals surface area contributed by atoms with Crippen molar-refractivity contribution in [2.45, 2.75) is 39.7 Å². The van der Waals surface area contributed by atoms with Gasteiger partial charge < -0.3 is 10.1 Å². The molecule has 1 N–H and O–H groups in total. The van der Waals surface area contributed by atoms with E-state index in [1.807, 2.05) is 58.0 Å². The molecule has 0 aliphatic rings. The lowest BCUT2D eigenvalue weighted by Crippen LogP contribution is -2.35. The molecule has 0 saturated heterocycles. The Kier molecular flexibility index (Phi) is 6.39. The monoisotopic (exact) mass is 393 g/mol. The van der Waals surface area contributed by atoms with Crippen LogP contribution in [0.3, 0.4) is 0 Å². The Bertz CT molecular complexity index is 979. The second-order valence-corrected chi connectivity index (χ2v) is 7.57. The van der Waals surface area contributed by atoms with Gasteiger partial charge in [0.2, 0.25) is 0 Å². The third-order valence-corrected chi connectivity index (χ3v) is 4.61. The van der Waals surface area contributed by atoms with Crippen LogP contribution in [-0.2, 0) is 4.74 Å². The molecule has 0 aliphatic carbocycles. The maximum atomic E-state index is 12.9. The Labute approximate surface area is 171 Å². The fraction of sp³-hybridized carbons (Fsp3) is 0.364. The Balaban J connectivity index is 2.08. The van der Waals surface area contributed by atoms with Gasteiger partial charge in [0.25, 0.3) is 5.91 Å². The lowest BCUT2D eigenvalue weighted by Gasteiger charge is -2.15. The van der Waals surface area contributed by atoms with Crippen LogP contribution >= 0.6 is 0 Å². The number of amides is 1. The third kappa shape index (κ3) is 4.86. The SMILES string of the molecule is COCC(C)NC(=O)c1cc(-c2ccc(C)cc2)cc(-n2nnnc2C(C)C)c1. The maximum absolute atomic E-state index is 12.9. The number of aryl methyl sites for hydroxylation is 1. The van der Waals surface area contributed by atoms with Gasteiger partial charge in [0.1, 0.15) is 0 Å². The van der Waals surface area contributed by atoms with Crippen LogP contribution < -0.4 is 5.32 Å². The molecule has 7 heteroatoms. The average Bonchev–Trinajstić information content (AvgIpc) is 3.18. The summed E-state index contributed by atoms with van der Waals surface area (Å²) >= 11 is 0.